The first kappa shape index (κ1) is 14.3. The fourth-order valence-electron chi connectivity index (χ4n) is 3.30. The molecule has 0 bridgehead atoms. The van der Waals surface area contributed by atoms with Gasteiger partial charge in [-0.1, -0.05) is 18.2 Å². The van der Waals surface area contributed by atoms with Gasteiger partial charge in [0, 0.05) is 17.8 Å². The maximum Gasteiger partial charge on any atom is 0.391 e. The summed E-state index contributed by atoms with van der Waals surface area (Å²) < 4.78 is 39.0. The quantitative estimate of drug-likeness (QED) is 0.856. The summed E-state index contributed by atoms with van der Waals surface area (Å²) in [5.74, 6) is -1.44. The predicted molar refractivity (Wildman–Crippen MR) is 73.7 cm³/mol. The highest BCUT2D eigenvalue weighted by molar-refractivity contribution is 5.85. The number of halogens is 3. The van der Waals surface area contributed by atoms with Crippen LogP contribution in [0, 0.1) is 5.92 Å². The van der Waals surface area contributed by atoms with Crippen LogP contribution >= 0.6 is 0 Å². The first-order valence-electron chi connectivity index (χ1n) is 7.02. The molecule has 0 spiro atoms. The third kappa shape index (κ3) is 2.62. The second-order valence-corrected chi connectivity index (χ2v) is 5.77. The van der Waals surface area contributed by atoms with E-state index in [2.05, 4.69) is 4.98 Å². The van der Waals surface area contributed by atoms with Crippen molar-refractivity contribution in [3.63, 3.8) is 0 Å². The van der Waals surface area contributed by atoms with Crippen LogP contribution < -0.4 is 0 Å². The Hall–Kier alpha value is -1.62. The zero-order valence-electron chi connectivity index (χ0n) is 11.4. The summed E-state index contributed by atoms with van der Waals surface area (Å²) in [6.07, 6.45) is -0.461. The molecular formula is C16H16F3NO. The van der Waals surface area contributed by atoms with Crippen LogP contribution in [0.25, 0.3) is 10.8 Å². The summed E-state index contributed by atoms with van der Waals surface area (Å²) in [5, 5.41) is 12.5. The van der Waals surface area contributed by atoms with E-state index in [9.17, 15) is 18.3 Å². The maximum atomic E-state index is 13.0. The highest BCUT2D eigenvalue weighted by Gasteiger charge is 2.47. The van der Waals surface area contributed by atoms with Gasteiger partial charge in [-0.05, 0) is 42.7 Å². The van der Waals surface area contributed by atoms with Gasteiger partial charge in [-0.15, -0.1) is 0 Å². The van der Waals surface area contributed by atoms with E-state index in [4.69, 9.17) is 0 Å². The van der Waals surface area contributed by atoms with Crippen LogP contribution in [0.2, 0.25) is 0 Å². The van der Waals surface area contributed by atoms with Gasteiger partial charge in [0.2, 0.25) is 0 Å². The second kappa shape index (κ2) is 4.98. The molecule has 2 nitrogen and oxygen atoms in total. The van der Waals surface area contributed by atoms with Gasteiger partial charge in [-0.3, -0.25) is 4.98 Å². The number of hydrogen-bond acceptors (Lipinski definition) is 2. The van der Waals surface area contributed by atoms with Crippen LogP contribution in [-0.2, 0) is 5.60 Å². The number of rotatable bonds is 1. The zero-order chi connectivity index (χ0) is 15.1. The molecule has 21 heavy (non-hydrogen) atoms. The van der Waals surface area contributed by atoms with Gasteiger partial charge in [-0.2, -0.15) is 13.2 Å². The van der Waals surface area contributed by atoms with Crippen LogP contribution in [0.5, 0.6) is 0 Å². The molecule has 2 aromatic rings. The second-order valence-electron chi connectivity index (χ2n) is 5.77. The SMILES string of the molecule is OC1(c2cccc3ccncc23)CCCC(C(F)(F)F)C1. The van der Waals surface area contributed by atoms with Crippen molar-refractivity contribution in [2.75, 3.05) is 0 Å². The summed E-state index contributed by atoms with van der Waals surface area (Å²) in [5.41, 5.74) is -0.872. The van der Waals surface area contributed by atoms with Gasteiger partial charge < -0.3 is 5.11 Å². The number of fused-ring (bicyclic) bond motifs is 1. The van der Waals surface area contributed by atoms with Gasteiger partial charge in [-0.25, -0.2) is 0 Å². The van der Waals surface area contributed by atoms with Crippen molar-refractivity contribution in [3.8, 4) is 0 Å². The molecule has 1 aromatic heterocycles. The maximum absolute atomic E-state index is 13.0. The minimum absolute atomic E-state index is 0.0921. The Morgan fingerprint density at radius 1 is 1.24 bits per heavy atom. The minimum atomic E-state index is -4.25. The molecule has 1 fully saturated rings. The third-order valence-electron chi connectivity index (χ3n) is 4.37. The molecule has 3 rings (SSSR count). The van der Waals surface area contributed by atoms with Crippen molar-refractivity contribution in [1.29, 1.82) is 0 Å². The van der Waals surface area contributed by atoms with E-state index < -0.39 is 17.7 Å². The highest BCUT2D eigenvalue weighted by atomic mass is 19.4. The van der Waals surface area contributed by atoms with Gasteiger partial charge in [0.05, 0.1) is 11.5 Å². The standard InChI is InChI=1S/C16H16F3NO/c17-16(18,19)12-4-2-7-15(21,9-12)14-5-1-3-11-6-8-20-10-13(11)14/h1,3,5-6,8,10,12,21H,2,4,7,9H2. The summed E-state index contributed by atoms with van der Waals surface area (Å²) in [6.45, 7) is 0. The average Bonchev–Trinajstić information content (AvgIpc) is 2.46. The molecule has 0 aliphatic heterocycles. The van der Waals surface area contributed by atoms with Crippen LogP contribution in [0.4, 0.5) is 13.2 Å². The molecule has 2 atom stereocenters. The van der Waals surface area contributed by atoms with Crippen LogP contribution in [0.1, 0.15) is 31.2 Å². The molecule has 112 valence electrons. The molecule has 0 amide bonds. The Labute approximate surface area is 120 Å². The van der Waals surface area contributed by atoms with Crippen LogP contribution in [-0.4, -0.2) is 16.3 Å². The smallest absolute Gasteiger partial charge is 0.385 e. The predicted octanol–water partition coefficient (Wildman–Crippen LogP) is 4.17. The lowest BCUT2D eigenvalue weighted by Crippen LogP contribution is -2.38. The average molecular weight is 295 g/mol. The zero-order valence-corrected chi connectivity index (χ0v) is 11.4. The Morgan fingerprint density at radius 3 is 2.81 bits per heavy atom. The molecule has 1 N–H and O–H groups in total. The van der Waals surface area contributed by atoms with Gasteiger partial charge in [0.25, 0.3) is 0 Å². The van der Waals surface area contributed by atoms with Crippen molar-refractivity contribution < 1.29 is 18.3 Å². The molecule has 1 heterocycles. The van der Waals surface area contributed by atoms with Crippen LogP contribution in [0.15, 0.2) is 36.7 Å². The van der Waals surface area contributed by atoms with Crippen molar-refractivity contribution in [2.24, 2.45) is 5.92 Å². The summed E-state index contributed by atoms with van der Waals surface area (Å²) in [4.78, 5) is 4.03. The van der Waals surface area contributed by atoms with E-state index in [1.54, 1.807) is 30.6 Å². The Balaban J connectivity index is 2.04. The number of alkyl halides is 3. The molecule has 2 unspecified atom stereocenters. The first-order chi connectivity index (χ1) is 9.90. The molecular weight excluding hydrogens is 279 g/mol. The normalized spacial score (nSPS) is 27.0. The topological polar surface area (TPSA) is 33.1 Å². The van der Waals surface area contributed by atoms with E-state index in [1.807, 2.05) is 6.07 Å². The van der Waals surface area contributed by atoms with Crippen molar-refractivity contribution >= 4 is 10.8 Å². The van der Waals surface area contributed by atoms with Crippen molar-refractivity contribution in [3.05, 3.63) is 42.2 Å². The largest absolute Gasteiger partial charge is 0.391 e. The third-order valence-corrected chi connectivity index (χ3v) is 4.37. The number of aromatic nitrogens is 1. The molecule has 1 aliphatic rings. The Bertz CT molecular complexity index is 650. The van der Waals surface area contributed by atoms with Crippen molar-refractivity contribution in [2.45, 2.75) is 37.5 Å². The highest BCUT2D eigenvalue weighted by Crippen LogP contribution is 2.47. The number of aliphatic hydroxyl groups is 1. The number of hydrogen-bond donors (Lipinski definition) is 1. The van der Waals surface area contributed by atoms with E-state index >= 15 is 0 Å². The fraction of sp³-hybridized carbons (Fsp3) is 0.438. The molecule has 1 saturated carbocycles. The van der Waals surface area contributed by atoms with Gasteiger partial charge >= 0.3 is 6.18 Å². The van der Waals surface area contributed by atoms with Gasteiger partial charge in [0.1, 0.15) is 0 Å². The molecule has 1 aromatic carbocycles. The lowest BCUT2D eigenvalue weighted by molar-refractivity contribution is -0.201. The molecule has 0 saturated heterocycles. The van der Waals surface area contributed by atoms with Crippen LogP contribution in [0.3, 0.4) is 0 Å². The summed E-state index contributed by atoms with van der Waals surface area (Å²) >= 11 is 0. The molecule has 5 heteroatoms. The van der Waals surface area contributed by atoms with E-state index in [0.29, 0.717) is 18.4 Å². The van der Waals surface area contributed by atoms with E-state index in [-0.39, 0.29) is 12.8 Å². The Morgan fingerprint density at radius 2 is 2.05 bits per heavy atom. The number of pyridine rings is 1. The van der Waals surface area contributed by atoms with Crippen molar-refractivity contribution in [1.82, 2.24) is 4.98 Å². The lowest BCUT2D eigenvalue weighted by atomic mass is 9.73. The lowest BCUT2D eigenvalue weighted by Gasteiger charge is -2.38. The van der Waals surface area contributed by atoms with E-state index in [0.717, 1.165) is 10.8 Å². The number of benzene rings is 1. The molecule has 0 radical (unpaired) electrons. The van der Waals surface area contributed by atoms with E-state index in [1.165, 1.54) is 0 Å². The first-order valence-corrected chi connectivity index (χ1v) is 7.02. The Kier molecular flexibility index (Phi) is 3.40. The molecule has 1 aliphatic carbocycles. The van der Waals surface area contributed by atoms with Gasteiger partial charge in [0.15, 0.2) is 0 Å². The minimum Gasteiger partial charge on any atom is -0.385 e. The number of nitrogens with zero attached hydrogens (tertiary/aromatic N) is 1. The fourth-order valence-corrected chi connectivity index (χ4v) is 3.30. The summed E-state index contributed by atoms with van der Waals surface area (Å²) in [7, 11) is 0. The summed E-state index contributed by atoms with van der Waals surface area (Å²) in [6, 6.07) is 7.15. The monoisotopic (exact) mass is 295 g/mol.